The van der Waals surface area contributed by atoms with Gasteiger partial charge >= 0.3 is 0 Å². The summed E-state index contributed by atoms with van der Waals surface area (Å²) in [6.07, 6.45) is 0. The van der Waals surface area contributed by atoms with Crippen LogP contribution < -0.4 is 11.1 Å². The van der Waals surface area contributed by atoms with Crippen molar-refractivity contribution in [2.45, 2.75) is 13.8 Å². The topological polar surface area (TPSA) is 51.6 Å². The fourth-order valence-corrected chi connectivity index (χ4v) is 0. The van der Waals surface area contributed by atoms with Gasteiger partial charge in [-0.05, 0) is 0 Å². The van der Waals surface area contributed by atoms with Gasteiger partial charge in [-0.2, -0.15) is 0 Å². The van der Waals surface area contributed by atoms with Crippen molar-refractivity contribution in [3.05, 3.63) is 0 Å². The Morgan fingerprint density at radius 2 is 1.83 bits per heavy atom. The fourth-order valence-electron chi connectivity index (χ4n) is 0. The zero-order valence-corrected chi connectivity index (χ0v) is 4.23. The molecule has 0 aromatic heterocycles. The Bertz CT molecular complexity index is 56.6. The highest BCUT2D eigenvalue weighted by atomic mass is 14.7. The predicted molar refractivity (Wildman–Crippen MR) is 26.0 cm³/mol. The Morgan fingerprint density at radius 3 is 1.83 bits per heavy atom. The normalized spacial score (nSPS) is 9.17. The van der Waals surface area contributed by atoms with Crippen LogP contribution in [0.25, 0.3) is 0 Å². The third kappa shape index (κ3) is 1.76. The van der Waals surface area contributed by atoms with Crippen LogP contribution in [0, 0.1) is 5.92 Å². The van der Waals surface area contributed by atoms with Crippen LogP contribution in [0.15, 0.2) is 0 Å². The second-order valence-corrected chi connectivity index (χ2v) is 1.65. The minimum atomic E-state index is 0.324. The molecule has 0 heterocycles. The average Bonchev–Trinajstić information content (AvgIpc) is 1.36. The van der Waals surface area contributed by atoms with Gasteiger partial charge in [-0.25, -0.2) is 0 Å². The smallest absolute Gasteiger partial charge is 0.240 e. The zero-order valence-electron chi connectivity index (χ0n) is 4.23. The standard InChI is InChI=1S/C4H10N2/c1-3(2)4(5)6/h3H,1-2H3,(H3,5,6)/p+1. The Kier molecular flexibility index (Phi) is 1.64. The summed E-state index contributed by atoms with van der Waals surface area (Å²) in [5.74, 6) is 0.833. The van der Waals surface area contributed by atoms with Gasteiger partial charge in [-0.3, -0.25) is 11.1 Å². The summed E-state index contributed by atoms with van der Waals surface area (Å²) >= 11 is 0. The molecule has 0 atom stereocenters. The summed E-state index contributed by atoms with van der Waals surface area (Å²) in [5, 5.41) is 5.13. The first-order chi connectivity index (χ1) is 2.64. The molecular weight excluding hydrogens is 76.1 g/mol. The lowest BCUT2D eigenvalue weighted by Crippen LogP contribution is -2.48. The minimum Gasteiger partial charge on any atom is -0.291 e. The van der Waals surface area contributed by atoms with Gasteiger partial charge in [0, 0.05) is 0 Å². The number of amidine groups is 1. The Labute approximate surface area is 37.9 Å². The van der Waals surface area contributed by atoms with E-state index in [-0.39, 0.29) is 0 Å². The molecule has 0 aliphatic carbocycles. The average molecular weight is 87.1 g/mol. The monoisotopic (exact) mass is 87.1 g/mol. The molecule has 0 radical (unpaired) electrons. The first kappa shape index (κ1) is 5.47. The number of nitrogens with two attached hydrogens (primary N) is 2. The van der Waals surface area contributed by atoms with Gasteiger partial charge in [0.1, 0.15) is 0 Å². The van der Waals surface area contributed by atoms with Crippen LogP contribution in [-0.4, -0.2) is 5.84 Å². The lowest BCUT2D eigenvalue weighted by atomic mass is 10.2. The molecule has 0 amide bonds. The molecule has 0 aliphatic rings. The maximum Gasteiger partial charge on any atom is 0.240 e. The first-order valence-corrected chi connectivity index (χ1v) is 2.02. The molecule has 2 heteroatoms. The zero-order chi connectivity index (χ0) is 5.15. The van der Waals surface area contributed by atoms with Crippen LogP contribution in [0.3, 0.4) is 0 Å². The van der Waals surface area contributed by atoms with Crippen molar-refractivity contribution in [2.24, 2.45) is 11.7 Å². The van der Waals surface area contributed by atoms with Gasteiger partial charge in [0.25, 0.3) is 0 Å². The van der Waals surface area contributed by atoms with E-state index in [2.05, 4.69) is 0 Å². The van der Waals surface area contributed by atoms with Crippen LogP contribution >= 0.6 is 0 Å². The summed E-state index contributed by atoms with van der Waals surface area (Å²) < 4.78 is 0. The Balaban J connectivity index is 3.26. The van der Waals surface area contributed by atoms with Gasteiger partial charge in [0.15, 0.2) is 0 Å². The van der Waals surface area contributed by atoms with Crippen LogP contribution in [0.1, 0.15) is 13.8 Å². The highest BCUT2D eigenvalue weighted by Gasteiger charge is 1.98. The number of hydrogen-bond acceptors (Lipinski definition) is 0. The highest BCUT2D eigenvalue weighted by molar-refractivity contribution is 5.75. The SMILES string of the molecule is CC(C)C(N)=[NH2+]. The quantitative estimate of drug-likeness (QED) is 0.305. The van der Waals surface area contributed by atoms with Crippen molar-refractivity contribution >= 4 is 5.84 Å². The van der Waals surface area contributed by atoms with Gasteiger partial charge in [0.05, 0.1) is 5.92 Å². The first-order valence-electron chi connectivity index (χ1n) is 2.02. The predicted octanol–water partition coefficient (Wildman–Crippen LogP) is -1.24. The molecule has 0 aromatic carbocycles. The third-order valence-electron chi connectivity index (χ3n) is 0.667. The molecule has 0 unspecified atom stereocenters. The van der Waals surface area contributed by atoms with E-state index in [1.165, 1.54) is 0 Å². The van der Waals surface area contributed by atoms with Crippen molar-refractivity contribution in [2.75, 3.05) is 0 Å². The summed E-state index contributed by atoms with van der Waals surface area (Å²) in [4.78, 5) is 0. The van der Waals surface area contributed by atoms with E-state index in [0.29, 0.717) is 11.8 Å². The van der Waals surface area contributed by atoms with E-state index in [9.17, 15) is 0 Å². The molecule has 36 valence electrons. The Morgan fingerprint density at radius 1 is 1.67 bits per heavy atom. The van der Waals surface area contributed by atoms with Crippen LogP contribution in [0.4, 0.5) is 0 Å². The van der Waals surface area contributed by atoms with E-state index in [1.807, 2.05) is 13.8 Å². The van der Waals surface area contributed by atoms with Gasteiger partial charge in [-0.15, -0.1) is 0 Å². The maximum atomic E-state index is 5.13. The second kappa shape index (κ2) is 1.80. The van der Waals surface area contributed by atoms with E-state index in [4.69, 9.17) is 11.1 Å². The van der Waals surface area contributed by atoms with Crippen molar-refractivity contribution < 1.29 is 5.41 Å². The fraction of sp³-hybridized carbons (Fsp3) is 0.750. The molecule has 0 rings (SSSR count). The van der Waals surface area contributed by atoms with Gasteiger partial charge < -0.3 is 0 Å². The number of hydrogen-bond donors (Lipinski definition) is 2. The van der Waals surface area contributed by atoms with E-state index in [0.717, 1.165) is 0 Å². The molecule has 0 fully saturated rings. The second-order valence-electron chi connectivity index (χ2n) is 1.65. The molecule has 4 N–H and O–H groups in total. The molecule has 0 bridgehead atoms. The van der Waals surface area contributed by atoms with E-state index < -0.39 is 0 Å². The van der Waals surface area contributed by atoms with Crippen molar-refractivity contribution in [1.82, 2.24) is 0 Å². The van der Waals surface area contributed by atoms with Gasteiger partial charge in [-0.1, -0.05) is 13.8 Å². The van der Waals surface area contributed by atoms with Crippen molar-refractivity contribution in [1.29, 1.82) is 0 Å². The molecule has 6 heavy (non-hydrogen) atoms. The van der Waals surface area contributed by atoms with E-state index >= 15 is 0 Å². The van der Waals surface area contributed by atoms with E-state index in [1.54, 1.807) is 0 Å². The summed E-state index contributed by atoms with van der Waals surface area (Å²) in [5.41, 5.74) is 5.13. The van der Waals surface area contributed by atoms with Crippen molar-refractivity contribution in [3.8, 4) is 0 Å². The molecule has 0 spiro atoms. The summed E-state index contributed by atoms with van der Waals surface area (Å²) in [7, 11) is 0. The molecule has 2 nitrogen and oxygen atoms in total. The van der Waals surface area contributed by atoms with Crippen LogP contribution in [-0.2, 0) is 0 Å². The van der Waals surface area contributed by atoms with Crippen LogP contribution in [0.5, 0.6) is 0 Å². The highest BCUT2D eigenvalue weighted by Crippen LogP contribution is 1.82. The summed E-state index contributed by atoms with van der Waals surface area (Å²) in [6, 6.07) is 0. The third-order valence-corrected chi connectivity index (χ3v) is 0.667. The Hall–Kier alpha value is -0.530. The maximum absolute atomic E-state index is 5.13. The number of rotatable bonds is 1. The molecule has 0 saturated carbocycles. The largest absolute Gasteiger partial charge is 0.291 e. The molecule has 0 aromatic rings. The van der Waals surface area contributed by atoms with Gasteiger partial charge in [0.2, 0.25) is 5.84 Å². The minimum absolute atomic E-state index is 0.324. The molecule has 0 saturated heterocycles. The van der Waals surface area contributed by atoms with Crippen molar-refractivity contribution in [3.63, 3.8) is 0 Å². The summed E-state index contributed by atoms with van der Waals surface area (Å²) in [6.45, 7) is 3.91. The molecule has 0 aliphatic heterocycles. The lowest BCUT2D eigenvalue weighted by Gasteiger charge is -1.88. The lowest BCUT2D eigenvalue weighted by molar-refractivity contribution is -0.120. The molecular formula is C4H11N2+. The van der Waals surface area contributed by atoms with Crippen LogP contribution in [0.2, 0.25) is 0 Å².